The largest absolute Gasteiger partial charge is 0.478 e. The third-order valence-corrected chi connectivity index (χ3v) is 3.29. The number of carbonyl (C=O) groups is 1. The van der Waals surface area contributed by atoms with E-state index in [9.17, 15) is 9.90 Å². The lowest BCUT2D eigenvalue weighted by Crippen LogP contribution is -2.49. The summed E-state index contributed by atoms with van der Waals surface area (Å²) in [5.74, 6) is -0.861. The van der Waals surface area contributed by atoms with E-state index in [1.807, 2.05) is 24.3 Å². The second-order valence-electron chi connectivity index (χ2n) is 4.25. The molecule has 1 unspecified atom stereocenters. The van der Waals surface area contributed by atoms with Crippen LogP contribution in [0.4, 0.5) is 5.69 Å². The van der Waals surface area contributed by atoms with Crippen LogP contribution in [0.2, 0.25) is 0 Å². The second kappa shape index (κ2) is 3.89. The van der Waals surface area contributed by atoms with Gasteiger partial charge in [0.25, 0.3) is 0 Å². The first-order valence-corrected chi connectivity index (χ1v) is 5.65. The van der Waals surface area contributed by atoms with Gasteiger partial charge in [0.1, 0.15) is 0 Å². The van der Waals surface area contributed by atoms with Gasteiger partial charge in [0.15, 0.2) is 0 Å². The zero-order chi connectivity index (χ0) is 11.8. The molecule has 0 aliphatic carbocycles. The van der Waals surface area contributed by atoms with Crippen molar-refractivity contribution in [3.8, 4) is 0 Å². The van der Waals surface area contributed by atoms with E-state index >= 15 is 0 Å². The fourth-order valence-corrected chi connectivity index (χ4v) is 2.49. The SMILES string of the molecule is O=C(O)C1=Cc2ccccc2N2CCOCC12. The molecule has 1 aromatic carbocycles. The number of hydrogen-bond donors (Lipinski definition) is 1. The topological polar surface area (TPSA) is 49.8 Å². The van der Waals surface area contributed by atoms with E-state index in [0.717, 1.165) is 17.8 Å². The van der Waals surface area contributed by atoms with Crippen LogP contribution in [0.5, 0.6) is 0 Å². The van der Waals surface area contributed by atoms with Gasteiger partial charge in [-0.2, -0.15) is 0 Å². The Labute approximate surface area is 99.1 Å². The second-order valence-corrected chi connectivity index (χ2v) is 4.25. The highest BCUT2D eigenvalue weighted by molar-refractivity contribution is 5.97. The number of carboxylic acids is 1. The van der Waals surface area contributed by atoms with Crippen molar-refractivity contribution >= 4 is 17.7 Å². The van der Waals surface area contributed by atoms with E-state index in [2.05, 4.69) is 4.90 Å². The highest BCUT2D eigenvalue weighted by atomic mass is 16.5. The minimum Gasteiger partial charge on any atom is -0.478 e. The highest BCUT2D eigenvalue weighted by Gasteiger charge is 2.34. The highest BCUT2D eigenvalue weighted by Crippen LogP contribution is 2.33. The fourth-order valence-electron chi connectivity index (χ4n) is 2.49. The number of nitrogens with zero attached hydrogens (tertiary/aromatic N) is 1. The molecule has 88 valence electrons. The summed E-state index contributed by atoms with van der Waals surface area (Å²) in [6.07, 6.45) is 1.76. The van der Waals surface area contributed by atoms with E-state index in [4.69, 9.17) is 4.74 Å². The zero-order valence-corrected chi connectivity index (χ0v) is 9.30. The molecule has 0 spiro atoms. The lowest BCUT2D eigenvalue weighted by molar-refractivity contribution is -0.133. The van der Waals surface area contributed by atoms with E-state index in [1.165, 1.54) is 0 Å². The summed E-state index contributed by atoms with van der Waals surface area (Å²) in [6.45, 7) is 1.84. The van der Waals surface area contributed by atoms with Gasteiger partial charge >= 0.3 is 5.97 Å². The molecule has 2 heterocycles. The monoisotopic (exact) mass is 231 g/mol. The van der Waals surface area contributed by atoms with Crippen LogP contribution in [0, 0.1) is 0 Å². The number of rotatable bonds is 1. The Morgan fingerprint density at radius 3 is 3.06 bits per heavy atom. The van der Waals surface area contributed by atoms with Crippen LogP contribution in [0.15, 0.2) is 29.8 Å². The van der Waals surface area contributed by atoms with Gasteiger partial charge in [-0.3, -0.25) is 0 Å². The van der Waals surface area contributed by atoms with Crippen molar-refractivity contribution in [2.75, 3.05) is 24.7 Å². The Balaban J connectivity index is 2.13. The van der Waals surface area contributed by atoms with Gasteiger partial charge in [0, 0.05) is 12.2 Å². The molecule has 0 radical (unpaired) electrons. The molecule has 17 heavy (non-hydrogen) atoms. The van der Waals surface area contributed by atoms with Crippen LogP contribution in [0.25, 0.3) is 6.08 Å². The van der Waals surface area contributed by atoms with Crippen molar-refractivity contribution in [3.05, 3.63) is 35.4 Å². The Bertz CT molecular complexity index is 495. The number of carboxylic acid groups (broad SMARTS) is 1. The van der Waals surface area contributed by atoms with Crippen molar-refractivity contribution in [2.24, 2.45) is 0 Å². The summed E-state index contributed by atoms with van der Waals surface area (Å²) >= 11 is 0. The zero-order valence-electron chi connectivity index (χ0n) is 9.30. The molecule has 2 aliphatic heterocycles. The molecule has 3 rings (SSSR count). The lowest BCUT2D eigenvalue weighted by Gasteiger charge is -2.41. The average molecular weight is 231 g/mol. The van der Waals surface area contributed by atoms with Crippen LogP contribution in [0.3, 0.4) is 0 Å². The normalized spacial score (nSPS) is 22.5. The molecule has 0 bridgehead atoms. The van der Waals surface area contributed by atoms with Gasteiger partial charge in [0.2, 0.25) is 0 Å². The Morgan fingerprint density at radius 1 is 1.41 bits per heavy atom. The maximum atomic E-state index is 11.3. The van der Waals surface area contributed by atoms with Crippen molar-refractivity contribution < 1.29 is 14.6 Å². The van der Waals surface area contributed by atoms with Gasteiger partial charge in [-0.1, -0.05) is 18.2 Å². The minimum atomic E-state index is -0.861. The number of ether oxygens (including phenoxy) is 1. The van der Waals surface area contributed by atoms with E-state index in [-0.39, 0.29) is 6.04 Å². The van der Waals surface area contributed by atoms with Gasteiger partial charge in [0.05, 0.1) is 24.8 Å². The van der Waals surface area contributed by atoms with E-state index < -0.39 is 5.97 Å². The standard InChI is InChI=1S/C13H13NO3/c15-13(16)10-7-9-3-1-2-4-11(9)14-5-6-17-8-12(10)14/h1-4,7,12H,5-6,8H2,(H,15,16). The van der Waals surface area contributed by atoms with E-state index in [1.54, 1.807) is 6.08 Å². The van der Waals surface area contributed by atoms with Crippen molar-refractivity contribution in [2.45, 2.75) is 6.04 Å². The molecule has 1 N–H and O–H groups in total. The maximum absolute atomic E-state index is 11.3. The summed E-state index contributed by atoms with van der Waals surface area (Å²) in [4.78, 5) is 13.4. The molecular formula is C13H13NO3. The van der Waals surface area contributed by atoms with Crippen LogP contribution in [-0.2, 0) is 9.53 Å². The maximum Gasteiger partial charge on any atom is 0.333 e. The number of para-hydroxylation sites is 1. The molecule has 4 heteroatoms. The predicted molar refractivity (Wildman–Crippen MR) is 64.0 cm³/mol. The fraction of sp³-hybridized carbons (Fsp3) is 0.308. The molecule has 0 aromatic heterocycles. The molecule has 1 fully saturated rings. The molecular weight excluding hydrogens is 218 g/mol. The van der Waals surface area contributed by atoms with Gasteiger partial charge in [-0.25, -0.2) is 4.79 Å². The number of aliphatic carboxylic acids is 1. The molecule has 1 aromatic rings. The number of fused-ring (bicyclic) bond motifs is 3. The van der Waals surface area contributed by atoms with Crippen LogP contribution in [0.1, 0.15) is 5.56 Å². The third-order valence-electron chi connectivity index (χ3n) is 3.29. The lowest BCUT2D eigenvalue weighted by atomic mass is 9.95. The average Bonchev–Trinajstić information content (AvgIpc) is 2.37. The Hall–Kier alpha value is -1.81. The third kappa shape index (κ3) is 1.61. The van der Waals surface area contributed by atoms with Crippen molar-refractivity contribution in [1.29, 1.82) is 0 Å². The van der Waals surface area contributed by atoms with Gasteiger partial charge < -0.3 is 14.7 Å². The summed E-state index contributed by atoms with van der Waals surface area (Å²) in [6, 6.07) is 7.73. The molecule has 0 amide bonds. The number of benzene rings is 1. The quantitative estimate of drug-likeness (QED) is 0.793. The van der Waals surface area contributed by atoms with Gasteiger partial charge in [-0.05, 0) is 17.7 Å². The summed E-state index contributed by atoms with van der Waals surface area (Å²) < 4.78 is 5.39. The summed E-state index contributed by atoms with van der Waals surface area (Å²) in [5.41, 5.74) is 2.50. The number of hydrogen-bond acceptors (Lipinski definition) is 3. The smallest absolute Gasteiger partial charge is 0.333 e. The summed E-state index contributed by atoms with van der Waals surface area (Å²) in [5, 5.41) is 9.25. The first-order chi connectivity index (χ1) is 8.27. The van der Waals surface area contributed by atoms with E-state index in [0.29, 0.717) is 18.8 Å². The number of morpholine rings is 1. The first-order valence-electron chi connectivity index (χ1n) is 5.65. The first kappa shape index (κ1) is 10.4. The number of anilines is 1. The molecule has 4 nitrogen and oxygen atoms in total. The molecule has 2 aliphatic rings. The minimum absolute atomic E-state index is 0.156. The Kier molecular flexibility index (Phi) is 2.37. The van der Waals surface area contributed by atoms with Crippen LogP contribution >= 0.6 is 0 Å². The van der Waals surface area contributed by atoms with Crippen molar-refractivity contribution in [1.82, 2.24) is 0 Å². The van der Waals surface area contributed by atoms with Gasteiger partial charge in [-0.15, -0.1) is 0 Å². The molecule has 1 atom stereocenters. The molecule has 0 saturated carbocycles. The molecule has 1 saturated heterocycles. The summed E-state index contributed by atoms with van der Waals surface area (Å²) in [7, 11) is 0. The van der Waals surface area contributed by atoms with Crippen LogP contribution in [-0.4, -0.2) is 36.9 Å². The van der Waals surface area contributed by atoms with Crippen LogP contribution < -0.4 is 4.90 Å². The predicted octanol–water partition coefficient (Wildman–Crippen LogP) is 1.37. The van der Waals surface area contributed by atoms with Crippen molar-refractivity contribution in [3.63, 3.8) is 0 Å². The Morgan fingerprint density at radius 2 is 2.24 bits per heavy atom.